The average Bonchev–Trinajstić information content (AvgIpc) is 2.82. The van der Waals surface area contributed by atoms with Crippen molar-refractivity contribution in [2.45, 2.75) is 64.5 Å². The Labute approximate surface area is 126 Å². The first-order chi connectivity index (χ1) is 9.76. The molecule has 1 N–H and O–H groups in total. The summed E-state index contributed by atoms with van der Waals surface area (Å²) in [6.45, 7) is 4.83. The first-order valence-corrected chi connectivity index (χ1v) is 8.90. The van der Waals surface area contributed by atoms with Crippen molar-refractivity contribution in [3.63, 3.8) is 0 Å². The Kier molecular flexibility index (Phi) is 4.74. The van der Waals surface area contributed by atoms with E-state index in [4.69, 9.17) is 4.98 Å². The number of hydrogen-bond donors (Lipinski definition) is 1. The highest BCUT2D eigenvalue weighted by Crippen LogP contribution is 2.31. The summed E-state index contributed by atoms with van der Waals surface area (Å²) in [5, 5.41) is 10.5. The van der Waals surface area contributed by atoms with Gasteiger partial charge in [0.25, 0.3) is 0 Å². The number of hydrogen-bond acceptors (Lipinski definition) is 4. The third-order valence-electron chi connectivity index (χ3n) is 4.78. The van der Waals surface area contributed by atoms with Crippen LogP contribution in [-0.4, -0.2) is 34.2 Å². The Morgan fingerprint density at radius 1 is 1.35 bits per heavy atom. The third-order valence-corrected chi connectivity index (χ3v) is 5.88. The topological polar surface area (TPSA) is 36.4 Å². The molecule has 0 aromatic carbocycles. The average molecular weight is 294 g/mol. The van der Waals surface area contributed by atoms with E-state index in [2.05, 4.69) is 11.8 Å². The lowest BCUT2D eigenvalue weighted by Crippen LogP contribution is -2.39. The Hall–Kier alpha value is -0.450. The van der Waals surface area contributed by atoms with Crippen LogP contribution in [0.15, 0.2) is 0 Å². The molecular weight excluding hydrogens is 268 g/mol. The molecule has 1 saturated heterocycles. The van der Waals surface area contributed by atoms with Crippen LogP contribution in [0, 0.1) is 5.92 Å². The van der Waals surface area contributed by atoms with Crippen LogP contribution in [0.2, 0.25) is 0 Å². The molecule has 1 aliphatic heterocycles. The van der Waals surface area contributed by atoms with Gasteiger partial charge in [0.05, 0.1) is 12.2 Å². The zero-order valence-corrected chi connectivity index (χ0v) is 13.3. The van der Waals surface area contributed by atoms with Crippen molar-refractivity contribution in [1.82, 2.24) is 9.88 Å². The first kappa shape index (κ1) is 14.5. The van der Waals surface area contributed by atoms with Crippen molar-refractivity contribution < 1.29 is 5.11 Å². The maximum atomic E-state index is 9.22. The van der Waals surface area contributed by atoms with Gasteiger partial charge in [-0.25, -0.2) is 4.98 Å². The van der Waals surface area contributed by atoms with Crippen LogP contribution < -0.4 is 0 Å². The zero-order chi connectivity index (χ0) is 13.9. The van der Waals surface area contributed by atoms with Crippen LogP contribution in [0.25, 0.3) is 0 Å². The van der Waals surface area contributed by atoms with E-state index in [9.17, 15) is 5.11 Å². The monoisotopic (exact) mass is 294 g/mol. The summed E-state index contributed by atoms with van der Waals surface area (Å²) in [5.41, 5.74) is 1.37. The number of piperidine rings is 1. The van der Waals surface area contributed by atoms with Crippen molar-refractivity contribution in [2.24, 2.45) is 5.92 Å². The second-order valence-electron chi connectivity index (χ2n) is 6.46. The van der Waals surface area contributed by atoms with Gasteiger partial charge >= 0.3 is 0 Å². The van der Waals surface area contributed by atoms with Gasteiger partial charge in [0.2, 0.25) is 0 Å². The molecular formula is C16H26N2OS. The van der Waals surface area contributed by atoms with Gasteiger partial charge in [0, 0.05) is 17.5 Å². The van der Waals surface area contributed by atoms with Gasteiger partial charge in [-0.1, -0.05) is 13.3 Å². The maximum absolute atomic E-state index is 9.22. The van der Waals surface area contributed by atoms with Crippen LogP contribution in [0.5, 0.6) is 0 Å². The molecule has 1 aliphatic carbocycles. The number of aliphatic hydroxyl groups is 1. The number of aliphatic hydroxyl groups excluding tert-OH is 1. The molecule has 2 aliphatic rings. The third kappa shape index (κ3) is 3.23. The van der Waals surface area contributed by atoms with E-state index in [0.29, 0.717) is 12.6 Å². The molecule has 4 heteroatoms. The van der Waals surface area contributed by atoms with E-state index < -0.39 is 0 Å². The quantitative estimate of drug-likeness (QED) is 0.927. The molecule has 2 atom stereocenters. The minimum absolute atomic E-state index is 0.313. The number of thiazole rings is 1. The van der Waals surface area contributed by atoms with Crippen LogP contribution in [0.1, 0.15) is 54.6 Å². The predicted octanol–water partition coefficient (Wildman–Crippen LogP) is 3.00. The Morgan fingerprint density at radius 3 is 3.10 bits per heavy atom. The number of likely N-dealkylation sites (tertiary alicyclic amines) is 1. The number of aryl methyl sites for hydroxylation is 1. The summed E-state index contributed by atoms with van der Waals surface area (Å²) < 4.78 is 0. The van der Waals surface area contributed by atoms with Gasteiger partial charge in [-0.3, -0.25) is 4.90 Å². The highest BCUT2D eigenvalue weighted by Gasteiger charge is 2.25. The molecule has 0 bridgehead atoms. The van der Waals surface area contributed by atoms with Gasteiger partial charge in [0.1, 0.15) is 5.01 Å². The molecule has 3 nitrogen and oxygen atoms in total. The second kappa shape index (κ2) is 6.54. The fraction of sp³-hybridized carbons (Fsp3) is 0.812. The Morgan fingerprint density at radius 2 is 2.25 bits per heavy atom. The standard InChI is InChI=1S/C16H26N2OS/c1-12-5-6-14-15(10-12)20-16(17-14)11-18-8-3-2-4-13(18)7-9-19/h12-13,19H,2-11H2,1H3. The van der Waals surface area contributed by atoms with Gasteiger partial charge in [0.15, 0.2) is 0 Å². The maximum Gasteiger partial charge on any atom is 0.107 e. The molecule has 1 aromatic rings. The number of rotatable bonds is 4. The van der Waals surface area contributed by atoms with E-state index in [1.165, 1.54) is 60.6 Å². The Bertz CT molecular complexity index is 444. The first-order valence-electron chi connectivity index (χ1n) is 8.08. The summed E-state index contributed by atoms with van der Waals surface area (Å²) in [6.07, 6.45) is 8.47. The Balaban J connectivity index is 1.67. The predicted molar refractivity (Wildman–Crippen MR) is 83.1 cm³/mol. The molecule has 112 valence electrons. The lowest BCUT2D eigenvalue weighted by atomic mass is 9.93. The number of nitrogens with zero attached hydrogens (tertiary/aromatic N) is 2. The molecule has 2 heterocycles. The largest absolute Gasteiger partial charge is 0.396 e. The van der Waals surface area contributed by atoms with Gasteiger partial charge in [-0.2, -0.15) is 0 Å². The van der Waals surface area contributed by atoms with Crippen molar-refractivity contribution in [3.8, 4) is 0 Å². The van der Waals surface area contributed by atoms with Gasteiger partial charge in [-0.05, 0) is 51.0 Å². The SMILES string of the molecule is CC1CCc2nc(CN3CCCCC3CCO)sc2C1. The molecule has 1 fully saturated rings. The zero-order valence-electron chi connectivity index (χ0n) is 12.5. The van der Waals surface area contributed by atoms with Crippen LogP contribution >= 0.6 is 11.3 Å². The van der Waals surface area contributed by atoms with Crippen LogP contribution in [0.3, 0.4) is 0 Å². The highest BCUT2D eigenvalue weighted by molar-refractivity contribution is 7.11. The van der Waals surface area contributed by atoms with E-state index in [0.717, 1.165) is 18.9 Å². The molecule has 0 spiro atoms. The molecule has 3 rings (SSSR count). The molecule has 20 heavy (non-hydrogen) atoms. The highest BCUT2D eigenvalue weighted by atomic mass is 32.1. The summed E-state index contributed by atoms with van der Waals surface area (Å²) in [5.74, 6) is 0.827. The summed E-state index contributed by atoms with van der Waals surface area (Å²) in [6, 6.07) is 0.564. The lowest BCUT2D eigenvalue weighted by Gasteiger charge is -2.34. The normalized spacial score (nSPS) is 27.5. The van der Waals surface area contributed by atoms with Gasteiger partial charge in [-0.15, -0.1) is 11.3 Å². The van der Waals surface area contributed by atoms with Crippen molar-refractivity contribution in [2.75, 3.05) is 13.2 Å². The minimum Gasteiger partial charge on any atom is -0.396 e. The van der Waals surface area contributed by atoms with E-state index in [1.807, 2.05) is 11.3 Å². The molecule has 0 saturated carbocycles. The van der Waals surface area contributed by atoms with Crippen molar-refractivity contribution in [3.05, 3.63) is 15.6 Å². The number of fused-ring (bicyclic) bond motifs is 1. The summed E-state index contributed by atoms with van der Waals surface area (Å²) >= 11 is 1.94. The minimum atomic E-state index is 0.313. The van der Waals surface area contributed by atoms with Gasteiger partial charge < -0.3 is 5.11 Å². The number of aromatic nitrogens is 1. The second-order valence-corrected chi connectivity index (χ2v) is 7.63. The fourth-order valence-electron chi connectivity index (χ4n) is 3.58. The molecule has 1 aromatic heterocycles. The fourth-order valence-corrected chi connectivity index (χ4v) is 4.88. The van der Waals surface area contributed by atoms with Crippen LogP contribution in [-0.2, 0) is 19.4 Å². The summed E-state index contributed by atoms with van der Waals surface area (Å²) in [7, 11) is 0. The smallest absolute Gasteiger partial charge is 0.107 e. The molecule has 0 amide bonds. The molecule has 2 unspecified atom stereocenters. The van der Waals surface area contributed by atoms with E-state index in [-0.39, 0.29) is 0 Å². The van der Waals surface area contributed by atoms with Crippen molar-refractivity contribution in [1.29, 1.82) is 0 Å². The summed E-state index contributed by atoms with van der Waals surface area (Å²) in [4.78, 5) is 8.97. The molecule has 0 radical (unpaired) electrons. The van der Waals surface area contributed by atoms with Crippen LogP contribution in [0.4, 0.5) is 0 Å². The van der Waals surface area contributed by atoms with Crippen molar-refractivity contribution >= 4 is 11.3 Å². The van der Waals surface area contributed by atoms with E-state index >= 15 is 0 Å². The lowest BCUT2D eigenvalue weighted by molar-refractivity contribution is 0.112. The van der Waals surface area contributed by atoms with E-state index in [1.54, 1.807) is 0 Å².